The number of carbonyl (C=O) groups is 2. The Kier molecular flexibility index (Phi) is 6.13. The van der Waals surface area contributed by atoms with Crippen LogP contribution in [0.15, 0.2) is 36.4 Å². The van der Waals surface area contributed by atoms with Crippen LogP contribution >= 0.6 is 0 Å². The SMILES string of the molecule is CN1CCC2(CC1)OC(=O)c1ccc(-c3ccc(C[C@@H](C#N)CC(=O)[C@H]4N[C@@H]5CC[C@H]4C5)c(F)c3)cc12. The average molecular weight is 502 g/mol. The number of halogens is 1. The Morgan fingerprint density at radius 2 is 1.97 bits per heavy atom. The summed E-state index contributed by atoms with van der Waals surface area (Å²) in [5, 5.41) is 13.1. The molecule has 3 aliphatic heterocycles. The zero-order valence-electron chi connectivity index (χ0n) is 21.1. The number of piperidine rings is 2. The van der Waals surface area contributed by atoms with Gasteiger partial charge in [-0.1, -0.05) is 18.2 Å². The summed E-state index contributed by atoms with van der Waals surface area (Å²) >= 11 is 0. The molecule has 4 atom stereocenters. The molecule has 0 radical (unpaired) electrons. The summed E-state index contributed by atoms with van der Waals surface area (Å²) in [4.78, 5) is 27.6. The normalized spacial score (nSPS) is 26.6. The quantitative estimate of drug-likeness (QED) is 0.592. The van der Waals surface area contributed by atoms with E-state index in [0.717, 1.165) is 56.3 Å². The minimum Gasteiger partial charge on any atom is -0.450 e. The summed E-state index contributed by atoms with van der Waals surface area (Å²) in [5.41, 5.74) is 2.86. The van der Waals surface area contributed by atoms with E-state index in [0.29, 0.717) is 28.7 Å². The van der Waals surface area contributed by atoms with Crippen molar-refractivity contribution in [2.75, 3.05) is 20.1 Å². The second-order valence-corrected chi connectivity index (χ2v) is 11.4. The first-order valence-corrected chi connectivity index (χ1v) is 13.4. The van der Waals surface area contributed by atoms with Gasteiger partial charge >= 0.3 is 5.97 Å². The summed E-state index contributed by atoms with van der Waals surface area (Å²) in [7, 11) is 2.06. The van der Waals surface area contributed by atoms with E-state index in [4.69, 9.17) is 4.74 Å². The Labute approximate surface area is 216 Å². The third kappa shape index (κ3) is 4.36. The first-order chi connectivity index (χ1) is 17.8. The van der Waals surface area contributed by atoms with Crippen molar-refractivity contribution in [3.63, 3.8) is 0 Å². The van der Waals surface area contributed by atoms with Crippen molar-refractivity contribution in [3.8, 4) is 17.2 Å². The second-order valence-electron chi connectivity index (χ2n) is 11.4. The number of benzene rings is 2. The highest BCUT2D eigenvalue weighted by Crippen LogP contribution is 2.45. The molecule has 2 bridgehead atoms. The fourth-order valence-corrected chi connectivity index (χ4v) is 6.82. The number of hydrogen-bond donors (Lipinski definition) is 1. The molecule has 0 aromatic heterocycles. The van der Waals surface area contributed by atoms with Crippen LogP contribution < -0.4 is 5.32 Å². The van der Waals surface area contributed by atoms with E-state index in [-0.39, 0.29) is 36.5 Å². The number of likely N-dealkylation sites (tertiary alicyclic amines) is 1. The van der Waals surface area contributed by atoms with E-state index in [1.54, 1.807) is 12.1 Å². The van der Waals surface area contributed by atoms with Gasteiger partial charge in [0.1, 0.15) is 11.4 Å². The Morgan fingerprint density at radius 1 is 1.22 bits per heavy atom. The van der Waals surface area contributed by atoms with Crippen LogP contribution in [0.2, 0.25) is 0 Å². The zero-order chi connectivity index (χ0) is 25.7. The fourth-order valence-electron chi connectivity index (χ4n) is 6.82. The van der Waals surface area contributed by atoms with Crippen molar-refractivity contribution < 1.29 is 18.7 Å². The summed E-state index contributed by atoms with van der Waals surface area (Å²) in [6, 6.07) is 13.2. The Hall–Kier alpha value is -3.08. The molecule has 6 rings (SSSR count). The highest BCUT2D eigenvalue weighted by Gasteiger charge is 2.47. The number of nitriles is 1. The van der Waals surface area contributed by atoms with Crippen LogP contribution in [0.25, 0.3) is 11.1 Å². The molecule has 37 heavy (non-hydrogen) atoms. The van der Waals surface area contributed by atoms with Crippen LogP contribution in [0.1, 0.15) is 60.0 Å². The number of rotatable bonds is 6. The predicted molar refractivity (Wildman–Crippen MR) is 136 cm³/mol. The standard InChI is InChI=1S/C30H32FN3O3/c1-34-10-8-30(9-11-34)25-15-19(5-7-24(25)29(36)37-30)20-2-3-21(26(31)16-20)12-18(17-32)13-27(35)28-22-4-6-23(14-22)33-28/h2-3,5,7,15-16,18,22-23,28,33H,4,6,8-14H2,1H3/t18-,22+,23-,28+/m1/s1. The number of carbonyl (C=O) groups excluding carboxylic acids is 2. The van der Waals surface area contributed by atoms with Crippen LogP contribution in [0.5, 0.6) is 0 Å². The summed E-state index contributed by atoms with van der Waals surface area (Å²) in [6.07, 6.45) is 5.08. The molecule has 1 spiro atoms. The molecule has 3 fully saturated rings. The van der Waals surface area contributed by atoms with Gasteiger partial charge in [0.2, 0.25) is 0 Å². The summed E-state index contributed by atoms with van der Waals surface area (Å²) in [5.74, 6) is -0.764. The molecule has 0 amide bonds. The van der Waals surface area contributed by atoms with E-state index < -0.39 is 11.5 Å². The van der Waals surface area contributed by atoms with Crippen molar-refractivity contribution in [3.05, 3.63) is 58.9 Å². The molecule has 3 heterocycles. The third-order valence-electron chi connectivity index (χ3n) is 9.00. The van der Waals surface area contributed by atoms with Crippen molar-refractivity contribution in [2.45, 2.75) is 62.6 Å². The molecule has 0 unspecified atom stereocenters. The molecule has 192 valence electrons. The van der Waals surface area contributed by atoms with Gasteiger partial charge in [-0.15, -0.1) is 0 Å². The number of Topliss-reactive ketones (excluding diaryl/α,β-unsaturated/α-hetero) is 1. The van der Waals surface area contributed by atoms with Gasteiger partial charge in [0.15, 0.2) is 5.78 Å². The lowest BCUT2D eigenvalue weighted by Gasteiger charge is -2.37. The predicted octanol–water partition coefficient (Wildman–Crippen LogP) is 4.37. The van der Waals surface area contributed by atoms with Gasteiger partial charge in [0, 0.05) is 44.0 Å². The number of nitrogens with one attached hydrogen (secondary N) is 1. The smallest absolute Gasteiger partial charge is 0.339 e. The summed E-state index contributed by atoms with van der Waals surface area (Å²) < 4.78 is 21.1. The lowest BCUT2D eigenvalue weighted by molar-refractivity contribution is -0.122. The molecule has 4 aliphatic rings. The van der Waals surface area contributed by atoms with Gasteiger partial charge in [-0.05, 0) is 73.5 Å². The number of hydrogen-bond acceptors (Lipinski definition) is 6. The van der Waals surface area contributed by atoms with Gasteiger partial charge < -0.3 is 15.0 Å². The minimum atomic E-state index is -0.604. The van der Waals surface area contributed by atoms with E-state index in [2.05, 4.69) is 23.3 Å². The van der Waals surface area contributed by atoms with E-state index >= 15 is 4.39 Å². The van der Waals surface area contributed by atoms with Gasteiger partial charge in [-0.25, -0.2) is 9.18 Å². The maximum absolute atomic E-state index is 15.2. The molecule has 2 aromatic carbocycles. The Bertz CT molecular complexity index is 1290. The maximum atomic E-state index is 15.2. The van der Waals surface area contributed by atoms with Gasteiger partial charge in [-0.2, -0.15) is 5.26 Å². The van der Waals surface area contributed by atoms with Crippen molar-refractivity contribution in [1.82, 2.24) is 10.2 Å². The van der Waals surface area contributed by atoms with Crippen molar-refractivity contribution >= 4 is 11.8 Å². The first kappa shape index (κ1) is 24.3. The first-order valence-electron chi connectivity index (χ1n) is 13.4. The van der Waals surface area contributed by atoms with Crippen LogP contribution in [-0.2, 0) is 21.6 Å². The van der Waals surface area contributed by atoms with Crippen LogP contribution in [0, 0.1) is 29.0 Å². The lowest BCUT2D eigenvalue weighted by Crippen LogP contribution is -2.42. The second kappa shape index (κ2) is 9.34. The molecule has 7 heteroatoms. The van der Waals surface area contributed by atoms with E-state index in [1.807, 2.05) is 18.2 Å². The number of ether oxygens (including phenoxy) is 1. The van der Waals surface area contributed by atoms with Crippen LogP contribution in [0.4, 0.5) is 4.39 Å². The summed E-state index contributed by atoms with van der Waals surface area (Å²) in [6.45, 7) is 1.70. The molecule has 1 N–H and O–H groups in total. The monoisotopic (exact) mass is 501 g/mol. The van der Waals surface area contributed by atoms with E-state index in [9.17, 15) is 14.9 Å². The number of esters is 1. The van der Waals surface area contributed by atoms with Gasteiger partial charge in [0.25, 0.3) is 0 Å². The molecule has 1 saturated carbocycles. The zero-order valence-corrected chi connectivity index (χ0v) is 21.1. The molecule has 2 aromatic rings. The molecule has 6 nitrogen and oxygen atoms in total. The maximum Gasteiger partial charge on any atom is 0.339 e. The number of nitrogens with zero attached hydrogens (tertiary/aromatic N) is 2. The Balaban J connectivity index is 1.18. The third-order valence-corrected chi connectivity index (χ3v) is 9.00. The Morgan fingerprint density at radius 3 is 2.65 bits per heavy atom. The minimum absolute atomic E-state index is 0.0773. The number of ketones is 1. The molecule has 2 saturated heterocycles. The highest BCUT2D eigenvalue weighted by atomic mass is 19.1. The lowest BCUT2D eigenvalue weighted by atomic mass is 9.82. The van der Waals surface area contributed by atoms with Gasteiger partial charge in [0.05, 0.1) is 23.6 Å². The van der Waals surface area contributed by atoms with E-state index in [1.165, 1.54) is 6.07 Å². The number of fused-ring (bicyclic) bond motifs is 4. The molecule has 1 aliphatic carbocycles. The average Bonchev–Trinajstić information content (AvgIpc) is 3.60. The van der Waals surface area contributed by atoms with Crippen LogP contribution in [0.3, 0.4) is 0 Å². The largest absolute Gasteiger partial charge is 0.450 e. The molecular weight excluding hydrogens is 469 g/mol. The van der Waals surface area contributed by atoms with Crippen LogP contribution in [-0.4, -0.2) is 48.9 Å². The van der Waals surface area contributed by atoms with Crippen molar-refractivity contribution in [1.29, 1.82) is 5.26 Å². The van der Waals surface area contributed by atoms with Crippen molar-refractivity contribution in [2.24, 2.45) is 11.8 Å². The van der Waals surface area contributed by atoms with Gasteiger partial charge in [-0.3, -0.25) is 4.79 Å². The topological polar surface area (TPSA) is 82.4 Å². The fraction of sp³-hybridized carbons (Fsp3) is 0.500. The highest BCUT2D eigenvalue weighted by molar-refractivity contribution is 5.95. The molecular formula is C30H32FN3O3.